The molecule has 1 fully saturated rings. The highest BCUT2D eigenvalue weighted by Gasteiger charge is 2.53. The van der Waals surface area contributed by atoms with Crippen LogP contribution in [0.1, 0.15) is 41.4 Å². The molecule has 28 heavy (non-hydrogen) atoms. The molecule has 4 rings (SSSR count). The zero-order valence-corrected chi connectivity index (χ0v) is 16.1. The minimum Gasteiger partial charge on any atom is -0.637 e. The Morgan fingerprint density at radius 1 is 1.25 bits per heavy atom. The Kier molecular flexibility index (Phi) is 4.73. The van der Waals surface area contributed by atoms with Crippen LogP contribution in [0.5, 0.6) is 5.75 Å². The van der Waals surface area contributed by atoms with E-state index in [1.807, 2.05) is 49.4 Å². The lowest BCUT2D eigenvalue weighted by Gasteiger charge is -2.39. The number of likely N-dealkylation sites (N-methyl/N-ethyl adjacent to an activating group) is 1. The van der Waals surface area contributed by atoms with Gasteiger partial charge in [-0.15, -0.1) is 5.98 Å². The standard InChI is InChI=1S/C21H23BFNO4/c1-4-26-21(25)18-17(23)11-10-16-12-13-22(28-20(16)18)24(3)14(2)19(27-22)15-8-6-5-7-9-15/h5-14,19,24H,4H2,1-3H3/t14-,19+,22?/m0/s1. The van der Waals surface area contributed by atoms with Crippen LogP contribution in [0.3, 0.4) is 0 Å². The van der Waals surface area contributed by atoms with Crippen LogP contribution in [0.4, 0.5) is 4.39 Å². The summed E-state index contributed by atoms with van der Waals surface area (Å²) < 4.78 is 32.2. The lowest BCUT2D eigenvalue weighted by molar-refractivity contribution is -0.801. The number of carbonyl (C=O) groups excluding carboxylic acids is 1. The molecule has 7 heteroatoms. The third kappa shape index (κ3) is 2.91. The summed E-state index contributed by atoms with van der Waals surface area (Å²) in [4.78, 5) is 13.4. The van der Waals surface area contributed by atoms with Gasteiger partial charge in [0.05, 0.1) is 24.5 Å². The number of rotatable bonds is 3. The van der Waals surface area contributed by atoms with Crippen molar-refractivity contribution in [1.29, 1.82) is 0 Å². The predicted molar refractivity (Wildman–Crippen MR) is 104 cm³/mol. The zero-order chi connectivity index (χ0) is 19.9. The van der Waals surface area contributed by atoms with Gasteiger partial charge in [0.15, 0.2) is 0 Å². The number of hydrogen-bond acceptors (Lipinski definition) is 4. The first-order valence-corrected chi connectivity index (χ1v) is 9.56. The normalized spacial score (nSPS) is 28.1. The molecule has 0 aromatic heterocycles. The number of fused-ring (bicyclic) bond motifs is 1. The van der Waals surface area contributed by atoms with Gasteiger partial charge in [-0.1, -0.05) is 36.4 Å². The van der Waals surface area contributed by atoms with Crippen molar-refractivity contribution < 1.29 is 28.0 Å². The highest BCUT2D eigenvalue weighted by molar-refractivity contribution is 6.66. The van der Waals surface area contributed by atoms with Crippen LogP contribution in [0.15, 0.2) is 48.4 Å². The molecular weight excluding hydrogens is 360 g/mol. The SMILES string of the molecule is CCOC(=O)c1c(F)ccc2c1O[B-]1(C=C2)O[C@@H](c2ccccc2)[C@H](C)[NH+]1C. The maximum Gasteiger partial charge on any atom is 0.548 e. The van der Waals surface area contributed by atoms with Gasteiger partial charge in [-0.25, -0.2) is 9.18 Å². The molecule has 1 N–H and O–H groups in total. The van der Waals surface area contributed by atoms with Crippen LogP contribution in [0.25, 0.3) is 6.08 Å². The molecule has 1 saturated heterocycles. The second kappa shape index (κ2) is 7.07. The zero-order valence-electron chi connectivity index (χ0n) is 16.1. The van der Waals surface area contributed by atoms with Crippen LogP contribution in [-0.4, -0.2) is 32.4 Å². The van der Waals surface area contributed by atoms with Crippen LogP contribution in [-0.2, 0) is 9.39 Å². The lowest BCUT2D eigenvalue weighted by atomic mass is 9.67. The second-order valence-electron chi connectivity index (χ2n) is 7.31. The van der Waals surface area contributed by atoms with Gasteiger partial charge >= 0.3 is 12.7 Å². The Hall–Kier alpha value is -2.64. The van der Waals surface area contributed by atoms with Crippen LogP contribution in [0, 0.1) is 5.82 Å². The van der Waals surface area contributed by atoms with Crippen molar-refractivity contribution in [2.75, 3.05) is 13.7 Å². The van der Waals surface area contributed by atoms with Gasteiger partial charge in [0.25, 0.3) is 0 Å². The van der Waals surface area contributed by atoms with Crippen molar-refractivity contribution in [1.82, 2.24) is 0 Å². The Morgan fingerprint density at radius 2 is 2.00 bits per heavy atom. The molecule has 2 aliphatic rings. The van der Waals surface area contributed by atoms with Crippen LogP contribution in [0.2, 0.25) is 0 Å². The lowest BCUT2D eigenvalue weighted by Crippen LogP contribution is -3.22. The van der Waals surface area contributed by atoms with Crippen molar-refractivity contribution in [2.24, 2.45) is 0 Å². The van der Waals surface area contributed by atoms with Gasteiger partial charge in [-0.2, -0.15) is 0 Å². The number of carbonyl (C=O) groups is 1. The summed E-state index contributed by atoms with van der Waals surface area (Å²) >= 11 is 0. The van der Waals surface area contributed by atoms with Gasteiger partial charge in [0.1, 0.15) is 11.4 Å². The fourth-order valence-corrected chi connectivity index (χ4v) is 4.05. The third-order valence-electron chi connectivity index (χ3n) is 5.72. The van der Waals surface area contributed by atoms with E-state index < -0.39 is 18.5 Å². The second-order valence-corrected chi connectivity index (χ2v) is 7.31. The van der Waals surface area contributed by atoms with E-state index in [9.17, 15) is 9.18 Å². The van der Waals surface area contributed by atoms with E-state index in [0.717, 1.165) is 10.4 Å². The Balaban J connectivity index is 1.74. The quantitative estimate of drug-likeness (QED) is 0.654. The van der Waals surface area contributed by atoms with E-state index in [1.165, 1.54) is 6.07 Å². The fourth-order valence-electron chi connectivity index (χ4n) is 4.05. The largest absolute Gasteiger partial charge is 0.637 e. The first kappa shape index (κ1) is 18.7. The van der Waals surface area contributed by atoms with E-state index >= 15 is 0 Å². The molecule has 0 bridgehead atoms. The van der Waals surface area contributed by atoms with Gasteiger partial charge in [-0.3, -0.25) is 0 Å². The molecular formula is C21H23BFNO4. The summed E-state index contributed by atoms with van der Waals surface area (Å²) in [6.45, 7) is 1.97. The summed E-state index contributed by atoms with van der Waals surface area (Å²) in [5.41, 5.74) is 1.50. The van der Waals surface area contributed by atoms with E-state index in [4.69, 9.17) is 14.0 Å². The molecule has 2 aromatic carbocycles. The molecule has 2 unspecified atom stereocenters. The number of halogens is 1. The number of hydrogen-bond donors (Lipinski definition) is 1. The van der Waals surface area contributed by atoms with Gasteiger partial charge in [0.2, 0.25) is 0 Å². The smallest absolute Gasteiger partial charge is 0.548 e. The first-order chi connectivity index (χ1) is 13.5. The monoisotopic (exact) mass is 383 g/mol. The molecule has 0 aliphatic carbocycles. The summed E-state index contributed by atoms with van der Waals surface area (Å²) in [6, 6.07) is 12.9. The van der Waals surface area contributed by atoms with Crippen molar-refractivity contribution >= 4 is 18.7 Å². The first-order valence-electron chi connectivity index (χ1n) is 9.56. The predicted octanol–water partition coefficient (Wildman–Crippen LogP) is 2.56. The molecule has 4 atom stereocenters. The summed E-state index contributed by atoms with van der Waals surface area (Å²) in [6.07, 6.45) is 1.66. The number of benzene rings is 2. The summed E-state index contributed by atoms with van der Waals surface area (Å²) in [7, 11) is 1.99. The minimum atomic E-state index is -1.96. The topological polar surface area (TPSA) is 49.2 Å². The molecule has 2 heterocycles. The van der Waals surface area contributed by atoms with Crippen molar-refractivity contribution in [3.63, 3.8) is 0 Å². The van der Waals surface area contributed by atoms with Crippen molar-refractivity contribution in [2.45, 2.75) is 26.0 Å². The molecule has 2 aromatic rings. The van der Waals surface area contributed by atoms with E-state index in [-0.39, 0.29) is 30.1 Å². The number of quaternary nitrogens is 1. The molecule has 1 spiro atoms. The molecule has 0 amide bonds. The molecule has 2 aliphatic heterocycles. The van der Waals surface area contributed by atoms with Gasteiger partial charge in [0, 0.05) is 12.6 Å². The van der Waals surface area contributed by atoms with E-state index in [1.54, 1.807) is 13.0 Å². The Labute approximate surface area is 163 Å². The van der Waals surface area contributed by atoms with Crippen LogP contribution < -0.4 is 9.47 Å². The number of nitrogens with one attached hydrogen (secondary N) is 1. The molecule has 5 nitrogen and oxygen atoms in total. The highest BCUT2D eigenvalue weighted by atomic mass is 19.1. The van der Waals surface area contributed by atoms with Gasteiger partial charge < -0.3 is 18.9 Å². The third-order valence-corrected chi connectivity index (χ3v) is 5.72. The van der Waals surface area contributed by atoms with Gasteiger partial charge in [-0.05, 0) is 31.5 Å². The maximum atomic E-state index is 14.5. The number of esters is 1. The average molecular weight is 383 g/mol. The Morgan fingerprint density at radius 3 is 2.71 bits per heavy atom. The molecule has 146 valence electrons. The Bertz CT molecular complexity index is 936. The van der Waals surface area contributed by atoms with E-state index in [2.05, 4.69) is 6.92 Å². The average Bonchev–Trinajstić information content (AvgIpc) is 2.94. The van der Waals surface area contributed by atoms with Crippen molar-refractivity contribution in [3.8, 4) is 5.75 Å². The van der Waals surface area contributed by atoms with E-state index in [0.29, 0.717) is 5.56 Å². The summed E-state index contributed by atoms with van der Waals surface area (Å²) in [5.74, 6) is 0.675. The molecule has 0 saturated carbocycles. The van der Waals surface area contributed by atoms with Crippen LogP contribution >= 0.6 is 0 Å². The molecule has 0 radical (unpaired) electrons. The maximum absolute atomic E-state index is 14.5. The fraction of sp³-hybridized carbons (Fsp3) is 0.286. The highest BCUT2D eigenvalue weighted by Crippen LogP contribution is 2.37. The van der Waals surface area contributed by atoms with Crippen molar-refractivity contribution in [3.05, 3.63) is 70.9 Å². The summed E-state index contributed by atoms with van der Waals surface area (Å²) in [5, 5.41) is 0. The minimum absolute atomic E-state index is 0.105. The number of ether oxygens (including phenoxy) is 1.